The Labute approximate surface area is 181 Å². The molecule has 0 spiro atoms. The van der Waals surface area contributed by atoms with Gasteiger partial charge in [-0.15, -0.1) is 5.10 Å². The molecule has 2 N–H and O–H groups in total. The topological polar surface area (TPSA) is 105 Å². The summed E-state index contributed by atoms with van der Waals surface area (Å²) in [5.41, 5.74) is 4.30. The van der Waals surface area contributed by atoms with E-state index in [1.165, 1.54) is 5.56 Å². The predicted octanol–water partition coefficient (Wildman–Crippen LogP) is 3.44. The van der Waals surface area contributed by atoms with Crippen LogP contribution in [0.15, 0.2) is 48.5 Å². The Hall–Kier alpha value is -3.39. The van der Waals surface area contributed by atoms with Crippen LogP contribution >= 0.6 is 0 Å². The Kier molecular flexibility index (Phi) is 6.78. The molecule has 0 radical (unpaired) electrons. The summed E-state index contributed by atoms with van der Waals surface area (Å²) in [6.07, 6.45) is 4.51. The molecule has 0 fully saturated rings. The van der Waals surface area contributed by atoms with Crippen LogP contribution in [0.2, 0.25) is 0 Å². The molecule has 0 bridgehead atoms. The predicted molar refractivity (Wildman–Crippen MR) is 118 cm³/mol. The number of benzene rings is 2. The van der Waals surface area contributed by atoms with Gasteiger partial charge in [0.25, 0.3) is 0 Å². The molecule has 0 atom stereocenters. The van der Waals surface area contributed by atoms with Crippen molar-refractivity contribution in [3.05, 3.63) is 65.7 Å². The first-order chi connectivity index (χ1) is 15.3. The molecule has 0 saturated heterocycles. The Morgan fingerprint density at radius 2 is 1.77 bits per heavy atom. The molecule has 0 unspecified atom stereocenters. The van der Waals surface area contributed by atoms with E-state index in [2.05, 4.69) is 57.9 Å². The highest BCUT2D eigenvalue weighted by atomic mass is 16.2. The third-order valence-electron chi connectivity index (χ3n) is 5.23. The van der Waals surface area contributed by atoms with Crippen molar-refractivity contribution < 1.29 is 5.11 Å². The molecule has 31 heavy (non-hydrogen) atoms. The van der Waals surface area contributed by atoms with E-state index >= 15 is 0 Å². The fraction of sp³-hybridized carbons (Fsp3) is 0.348. The zero-order chi connectivity index (χ0) is 21.5. The van der Waals surface area contributed by atoms with E-state index in [9.17, 15) is 0 Å². The SMILES string of the molecule is CCCCc1nc(CCCO)nn1Cc1ccc(-c2ccccc2-c2nnn[nH]2)cc1. The smallest absolute Gasteiger partial charge is 0.180 e. The van der Waals surface area contributed by atoms with Gasteiger partial charge in [0.2, 0.25) is 0 Å². The van der Waals surface area contributed by atoms with Gasteiger partial charge in [0, 0.05) is 25.0 Å². The lowest BCUT2D eigenvalue weighted by Crippen LogP contribution is -2.07. The average molecular weight is 418 g/mol. The minimum Gasteiger partial charge on any atom is -0.396 e. The van der Waals surface area contributed by atoms with Crippen LogP contribution < -0.4 is 0 Å². The third kappa shape index (κ3) is 5.03. The summed E-state index contributed by atoms with van der Waals surface area (Å²) in [7, 11) is 0. The maximum atomic E-state index is 9.11. The Morgan fingerprint density at radius 3 is 2.48 bits per heavy atom. The second-order valence-electron chi connectivity index (χ2n) is 7.52. The second kappa shape index (κ2) is 10.1. The number of tetrazole rings is 1. The molecular formula is C23H27N7O. The van der Waals surface area contributed by atoms with E-state index in [-0.39, 0.29) is 6.61 Å². The minimum atomic E-state index is 0.159. The summed E-state index contributed by atoms with van der Waals surface area (Å²) < 4.78 is 2.01. The number of nitrogens with one attached hydrogen (secondary N) is 1. The van der Waals surface area contributed by atoms with Gasteiger partial charge in [0.15, 0.2) is 11.6 Å². The van der Waals surface area contributed by atoms with Crippen LogP contribution in [0.25, 0.3) is 22.5 Å². The number of aliphatic hydroxyl groups excluding tert-OH is 1. The fourth-order valence-electron chi connectivity index (χ4n) is 3.59. The molecule has 0 aliphatic carbocycles. The lowest BCUT2D eigenvalue weighted by molar-refractivity contribution is 0.287. The molecule has 2 aromatic carbocycles. The van der Waals surface area contributed by atoms with Gasteiger partial charge in [-0.3, -0.25) is 0 Å². The van der Waals surface area contributed by atoms with Crippen molar-refractivity contribution in [3.63, 3.8) is 0 Å². The average Bonchev–Trinajstić information content (AvgIpc) is 3.47. The van der Waals surface area contributed by atoms with Crippen molar-refractivity contribution in [2.75, 3.05) is 6.61 Å². The number of hydrogen-bond acceptors (Lipinski definition) is 6. The van der Waals surface area contributed by atoms with Crippen LogP contribution in [0.5, 0.6) is 0 Å². The summed E-state index contributed by atoms with van der Waals surface area (Å²) in [6, 6.07) is 16.6. The second-order valence-corrected chi connectivity index (χ2v) is 7.52. The van der Waals surface area contributed by atoms with Gasteiger partial charge in [-0.2, -0.15) is 5.10 Å². The molecule has 8 nitrogen and oxygen atoms in total. The first-order valence-electron chi connectivity index (χ1n) is 10.7. The maximum Gasteiger partial charge on any atom is 0.180 e. The Morgan fingerprint density at radius 1 is 0.968 bits per heavy atom. The summed E-state index contributed by atoms with van der Waals surface area (Å²) >= 11 is 0. The molecular weight excluding hydrogens is 390 g/mol. The number of nitrogens with zero attached hydrogens (tertiary/aromatic N) is 6. The van der Waals surface area contributed by atoms with E-state index in [0.29, 0.717) is 25.2 Å². The number of aryl methyl sites for hydroxylation is 2. The van der Waals surface area contributed by atoms with Crippen molar-refractivity contribution in [2.24, 2.45) is 0 Å². The van der Waals surface area contributed by atoms with Crippen LogP contribution in [-0.4, -0.2) is 47.1 Å². The number of hydrogen-bond donors (Lipinski definition) is 2. The summed E-state index contributed by atoms with van der Waals surface area (Å²) in [4.78, 5) is 4.71. The van der Waals surface area contributed by atoms with Crippen LogP contribution in [0.3, 0.4) is 0 Å². The quantitative estimate of drug-likeness (QED) is 0.409. The summed E-state index contributed by atoms with van der Waals surface area (Å²) in [5, 5.41) is 28.1. The highest BCUT2D eigenvalue weighted by molar-refractivity contribution is 5.80. The number of H-pyrrole nitrogens is 1. The Bertz CT molecular complexity index is 1090. The summed E-state index contributed by atoms with van der Waals surface area (Å²) in [5.74, 6) is 2.48. The van der Waals surface area contributed by atoms with Crippen molar-refractivity contribution >= 4 is 0 Å². The molecule has 2 heterocycles. The molecule has 160 valence electrons. The van der Waals surface area contributed by atoms with Gasteiger partial charge in [0.1, 0.15) is 5.82 Å². The van der Waals surface area contributed by atoms with E-state index in [0.717, 1.165) is 47.6 Å². The molecule has 8 heteroatoms. The lowest BCUT2D eigenvalue weighted by Gasteiger charge is -2.09. The first-order valence-corrected chi connectivity index (χ1v) is 10.7. The zero-order valence-electron chi connectivity index (χ0n) is 17.7. The molecule has 0 aliphatic rings. The minimum absolute atomic E-state index is 0.159. The van der Waals surface area contributed by atoms with E-state index in [1.54, 1.807) is 0 Å². The van der Waals surface area contributed by atoms with Crippen LogP contribution in [0.1, 0.15) is 43.4 Å². The number of unbranched alkanes of at least 4 members (excludes halogenated alkanes) is 1. The first kappa shape index (κ1) is 20.9. The maximum absolute atomic E-state index is 9.11. The van der Waals surface area contributed by atoms with Gasteiger partial charge < -0.3 is 5.11 Å². The summed E-state index contributed by atoms with van der Waals surface area (Å²) in [6.45, 7) is 3.02. The zero-order valence-corrected chi connectivity index (χ0v) is 17.7. The highest BCUT2D eigenvalue weighted by Crippen LogP contribution is 2.29. The van der Waals surface area contributed by atoms with Gasteiger partial charge >= 0.3 is 0 Å². The lowest BCUT2D eigenvalue weighted by atomic mass is 9.98. The highest BCUT2D eigenvalue weighted by Gasteiger charge is 2.12. The van der Waals surface area contributed by atoms with E-state index < -0.39 is 0 Å². The molecule has 0 amide bonds. The standard InChI is InChI=1S/C23H27N7O/c1-2-3-10-22-24-21(9-6-15-31)27-30(22)16-17-11-13-18(14-12-17)19-7-4-5-8-20(19)23-25-28-29-26-23/h4-5,7-8,11-14,31H,2-3,6,9-10,15-16H2,1H3,(H,25,26,28,29). The third-order valence-corrected chi connectivity index (χ3v) is 5.23. The van der Waals surface area contributed by atoms with Gasteiger partial charge in [0.05, 0.1) is 6.54 Å². The van der Waals surface area contributed by atoms with Crippen molar-refractivity contribution in [3.8, 4) is 22.5 Å². The molecule has 0 saturated carbocycles. The van der Waals surface area contributed by atoms with E-state index in [1.807, 2.05) is 22.9 Å². The van der Waals surface area contributed by atoms with Crippen molar-refractivity contribution in [1.82, 2.24) is 35.4 Å². The van der Waals surface area contributed by atoms with Gasteiger partial charge in [-0.25, -0.2) is 14.8 Å². The fourth-order valence-corrected chi connectivity index (χ4v) is 3.59. The monoisotopic (exact) mass is 417 g/mol. The largest absolute Gasteiger partial charge is 0.396 e. The van der Waals surface area contributed by atoms with Crippen LogP contribution in [0, 0.1) is 0 Å². The van der Waals surface area contributed by atoms with Crippen LogP contribution in [0.4, 0.5) is 0 Å². The molecule has 0 aliphatic heterocycles. The van der Waals surface area contributed by atoms with E-state index in [4.69, 9.17) is 15.2 Å². The normalized spacial score (nSPS) is 11.2. The van der Waals surface area contributed by atoms with Gasteiger partial charge in [-0.1, -0.05) is 61.9 Å². The number of aromatic nitrogens is 7. The number of aliphatic hydroxyl groups is 1. The van der Waals surface area contributed by atoms with Crippen LogP contribution in [-0.2, 0) is 19.4 Å². The van der Waals surface area contributed by atoms with Gasteiger partial charge in [-0.05, 0) is 40.0 Å². The van der Waals surface area contributed by atoms with Crippen molar-refractivity contribution in [2.45, 2.75) is 45.6 Å². The Balaban J connectivity index is 1.55. The number of rotatable bonds is 10. The number of aromatic amines is 1. The molecule has 4 rings (SSSR count). The van der Waals surface area contributed by atoms with Crippen molar-refractivity contribution in [1.29, 1.82) is 0 Å². The molecule has 4 aromatic rings. The molecule has 2 aromatic heterocycles.